The summed E-state index contributed by atoms with van der Waals surface area (Å²) in [6, 6.07) is 0. The van der Waals surface area contributed by atoms with Crippen molar-refractivity contribution in [2.24, 2.45) is 5.16 Å². The van der Waals surface area contributed by atoms with Crippen molar-refractivity contribution in [1.29, 1.82) is 0 Å². The van der Waals surface area contributed by atoms with Crippen molar-refractivity contribution in [2.45, 2.75) is 39.4 Å². The summed E-state index contributed by atoms with van der Waals surface area (Å²) < 4.78 is 8.92. The van der Waals surface area contributed by atoms with E-state index in [0.29, 0.717) is 0 Å². The number of ether oxygens (including phenoxy) is 1. The topological polar surface area (TPSA) is 136 Å². The maximum atomic E-state index is 11.7. The molecule has 10 nitrogen and oxygen atoms in total. The molecule has 0 saturated heterocycles. The number of aliphatic carboxylic acids is 1. The third-order valence-corrected chi connectivity index (χ3v) is 3.54. The summed E-state index contributed by atoms with van der Waals surface area (Å²) in [7, 11) is 4.69. The first-order valence-electron chi connectivity index (χ1n) is 6.99. The van der Waals surface area contributed by atoms with Crippen molar-refractivity contribution in [3.63, 3.8) is 0 Å². The molecule has 1 aromatic heterocycles. The van der Waals surface area contributed by atoms with Gasteiger partial charge in [-0.1, -0.05) is 28.1 Å². The number of aromatic nitrogens is 1. The summed E-state index contributed by atoms with van der Waals surface area (Å²) in [5.74, 6) is -2.48. The molecule has 0 aromatic carbocycles. The first-order chi connectivity index (χ1) is 11.9. The number of halogens is 1. The summed E-state index contributed by atoms with van der Waals surface area (Å²) in [5.41, 5.74) is -1.67. The van der Waals surface area contributed by atoms with Crippen molar-refractivity contribution >= 4 is 59.9 Å². The molecule has 0 aliphatic carbocycles. The third kappa shape index (κ3) is 6.52. The molecular formula is C13H15BClN3O7S. The van der Waals surface area contributed by atoms with Crippen molar-refractivity contribution in [3.05, 3.63) is 10.0 Å². The lowest BCUT2D eigenvalue weighted by molar-refractivity contribution is -0.146. The van der Waals surface area contributed by atoms with E-state index in [2.05, 4.69) is 28.2 Å². The molecule has 26 heavy (non-hydrogen) atoms. The second-order valence-electron chi connectivity index (χ2n) is 5.70. The average Bonchev–Trinajstić information content (AvgIpc) is 2.84. The molecule has 1 rings (SSSR count). The Bertz CT molecular complexity index is 732. The number of carbonyl (C=O) groups excluding carboxylic acids is 2. The standard InChI is InChI=1S/C13H15BClN3O7S/c1-5(10(21)24-14)25-18-7(9(19)20)6-8(15)26-11(16-6)17-12(22)23-13(2,3)4/h5H,1-4H3,(H,19,20)(H,16,17,22)/b18-7-/t5-/m0/s1. The van der Waals surface area contributed by atoms with Crippen molar-refractivity contribution in [1.82, 2.24) is 4.98 Å². The molecule has 2 N–H and O–H groups in total. The van der Waals surface area contributed by atoms with E-state index in [1.807, 2.05) is 0 Å². The molecule has 2 radical (unpaired) electrons. The van der Waals surface area contributed by atoms with Gasteiger partial charge in [0.2, 0.25) is 11.8 Å². The van der Waals surface area contributed by atoms with Crippen LogP contribution in [0.4, 0.5) is 9.93 Å². The van der Waals surface area contributed by atoms with E-state index in [9.17, 15) is 19.5 Å². The summed E-state index contributed by atoms with van der Waals surface area (Å²) in [6.07, 6.45) is -2.05. The van der Waals surface area contributed by atoms with Crippen LogP contribution < -0.4 is 5.32 Å². The molecule has 1 aromatic rings. The number of thiazole rings is 1. The fraction of sp³-hybridized carbons (Fsp3) is 0.462. The Hall–Kier alpha value is -2.34. The van der Waals surface area contributed by atoms with Crippen molar-refractivity contribution < 1.29 is 33.7 Å². The second kappa shape index (κ2) is 8.85. The fourth-order valence-corrected chi connectivity index (χ4v) is 2.38. The fourth-order valence-electron chi connectivity index (χ4n) is 1.35. The summed E-state index contributed by atoms with van der Waals surface area (Å²) in [6.45, 7) is 6.27. The van der Waals surface area contributed by atoms with Gasteiger partial charge in [-0.3, -0.25) is 5.32 Å². The predicted octanol–water partition coefficient (Wildman–Crippen LogP) is 1.96. The van der Waals surface area contributed by atoms with Gasteiger partial charge in [0.05, 0.1) is 0 Å². The summed E-state index contributed by atoms with van der Waals surface area (Å²) in [4.78, 5) is 42.9. The molecule has 0 unspecified atom stereocenters. The van der Waals surface area contributed by atoms with Crippen LogP contribution in [0.2, 0.25) is 4.34 Å². The number of amides is 1. The molecule has 1 atom stereocenters. The lowest BCUT2D eigenvalue weighted by Gasteiger charge is -2.18. The minimum atomic E-state index is -1.52. The Morgan fingerprint density at radius 2 is 2.00 bits per heavy atom. The number of rotatable bonds is 6. The van der Waals surface area contributed by atoms with E-state index in [4.69, 9.17) is 21.2 Å². The Kier molecular flexibility index (Phi) is 7.39. The highest BCUT2D eigenvalue weighted by atomic mass is 35.5. The molecule has 0 fully saturated rings. The largest absolute Gasteiger partial charge is 0.541 e. The molecule has 0 aliphatic rings. The van der Waals surface area contributed by atoms with Crippen LogP contribution in [0.15, 0.2) is 5.16 Å². The zero-order valence-corrected chi connectivity index (χ0v) is 15.8. The first-order valence-corrected chi connectivity index (χ1v) is 8.18. The quantitative estimate of drug-likeness (QED) is 0.418. The molecule has 0 bridgehead atoms. The van der Waals surface area contributed by atoms with E-state index in [-0.39, 0.29) is 15.2 Å². The number of carboxylic acid groups (broad SMARTS) is 1. The SMILES string of the molecule is [B]OC(=O)[C@H](C)O/N=C(\C(=O)O)c1nc(NC(=O)OC(C)(C)C)sc1Cl. The molecule has 13 heteroatoms. The van der Waals surface area contributed by atoms with Crippen molar-refractivity contribution in [2.75, 3.05) is 5.32 Å². The molecule has 1 heterocycles. The number of hydrogen-bond acceptors (Lipinski definition) is 9. The molecule has 0 saturated carbocycles. The molecule has 0 spiro atoms. The minimum Gasteiger partial charge on any atom is -0.541 e. The Morgan fingerprint density at radius 3 is 2.50 bits per heavy atom. The van der Waals surface area contributed by atoms with E-state index in [0.717, 1.165) is 11.3 Å². The van der Waals surface area contributed by atoms with E-state index in [1.54, 1.807) is 20.8 Å². The van der Waals surface area contributed by atoms with E-state index >= 15 is 0 Å². The van der Waals surface area contributed by atoms with Crippen molar-refractivity contribution in [3.8, 4) is 0 Å². The van der Waals surface area contributed by atoms with Crippen LogP contribution in [0.5, 0.6) is 0 Å². The minimum absolute atomic E-state index is 0.0115. The molecule has 0 aliphatic heterocycles. The lowest BCUT2D eigenvalue weighted by Crippen LogP contribution is -2.27. The van der Waals surface area contributed by atoms with Gasteiger partial charge in [0.25, 0.3) is 0 Å². The molecule has 1 amide bonds. The van der Waals surface area contributed by atoms with Gasteiger partial charge >= 0.3 is 26.1 Å². The van der Waals surface area contributed by atoms with Crippen LogP contribution in [0, 0.1) is 0 Å². The van der Waals surface area contributed by atoms with Gasteiger partial charge < -0.3 is 19.3 Å². The smallest absolute Gasteiger partial charge is 0.413 e. The number of carbonyl (C=O) groups is 3. The van der Waals surface area contributed by atoms with Gasteiger partial charge in [0, 0.05) is 0 Å². The maximum absolute atomic E-state index is 11.7. The predicted molar refractivity (Wildman–Crippen MR) is 93.5 cm³/mol. The maximum Gasteiger partial charge on any atom is 0.413 e. The number of hydrogen-bond donors (Lipinski definition) is 2. The summed E-state index contributed by atoms with van der Waals surface area (Å²) in [5, 5.41) is 14.9. The Balaban J connectivity index is 3.00. The number of anilines is 1. The van der Waals surface area contributed by atoms with Crippen LogP contribution in [-0.4, -0.2) is 53.6 Å². The average molecular weight is 404 g/mol. The normalized spacial score (nSPS) is 12.9. The van der Waals surface area contributed by atoms with Crippen LogP contribution in [0.25, 0.3) is 0 Å². The number of carboxylic acids is 1. The number of nitrogens with zero attached hydrogens (tertiary/aromatic N) is 2. The zero-order chi connectivity index (χ0) is 20.1. The second-order valence-corrected chi connectivity index (χ2v) is 7.30. The highest BCUT2D eigenvalue weighted by molar-refractivity contribution is 7.20. The van der Waals surface area contributed by atoms with E-state index < -0.39 is 35.4 Å². The monoisotopic (exact) mass is 403 g/mol. The number of nitrogens with one attached hydrogen (secondary N) is 1. The van der Waals surface area contributed by atoms with Gasteiger partial charge in [-0.15, -0.1) is 0 Å². The van der Waals surface area contributed by atoms with Gasteiger partial charge in [0.15, 0.2) is 5.13 Å². The Morgan fingerprint density at radius 1 is 1.38 bits per heavy atom. The lowest BCUT2D eigenvalue weighted by atomic mass is 10.2. The molecule has 140 valence electrons. The van der Waals surface area contributed by atoms with Crippen LogP contribution in [0.1, 0.15) is 33.4 Å². The van der Waals surface area contributed by atoms with Crippen LogP contribution in [-0.2, 0) is 23.8 Å². The third-order valence-electron chi connectivity index (χ3n) is 2.37. The zero-order valence-electron chi connectivity index (χ0n) is 14.2. The molecular weight excluding hydrogens is 388 g/mol. The van der Waals surface area contributed by atoms with Gasteiger partial charge in [0.1, 0.15) is 15.6 Å². The highest BCUT2D eigenvalue weighted by Gasteiger charge is 2.25. The summed E-state index contributed by atoms with van der Waals surface area (Å²) >= 11 is 6.75. The number of oxime groups is 1. The first kappa shape index (κ1) is 21.7. The van der Waals surface area contributed by atoms with Gasteiger partial charge in [-0.05, 0) is 27.7 Å². The van der Waals surface area contributed by atoms with Crippen LogP contribution in [0.3, 0.4) is 0 Å². The van der Waals surface area contributed by atoms with Gasteiger partial charge in [-0.25, -0.2) is 19.4 Å². The van der Waals surface area contributed by atoms with E-state index in [1.165, 1.54) is 6.92 Å². The van der Waals surface area contributed by atoms with Gasteiger partial charge in [-0.2, -0.15) is 0 Å². The van der Waals surface area contributed by atoms with Crippen LogP contribution >= 0.6 is 22.9 Å². The Labute approximate surface area is 158 Å². The highest BCUT2D eigenvalue weighted by Crippen LogP contribution is 2.29.